The van der Waals surface area contributed by atoms with Gasteiger partial charge in [-0.2, -0.15) is 0 Å². The van der Waals surface area contributed by atoms with E-state index in [9.17, 15) is 14.0 Å². The second-order valence-corrected chi connectivity index (χ2v) is 7.73. The molecule has 9 heteroatoms. The number of amides is 1. The lowest BCUT2D eigenvalue weighted by Gasteiger charge is -2.08. The second kappa shape index (κ2) is 8.24. The van der Waals surface area contributed by atoms with Crippen LogP contribution in [0.1, 0.15) is 22.8 Å². The molecule has 0 aliphatic heterocycles. The summed E-state index contributed by atoms with van der Waals surface area (Å²) in [5.74, 6) is -0.0189. The molecule has 134 valence electrons. The minimum absolute atomic E-state index is 0.00880. The molecule has 0 aliphatic carbocycles. The summed E-state index contributed by atoms with van der Waals surface area (Å²) in [6.45, 7) is 2.24. The normalized spacial score (nSPS) is 10.7. The van der Waals surface area contributed by atoms with E-state index >= 15 is 0 Å². The monoisotopic (exact) mass is 390 g/mol. The maximum Gasteiger partial charge on any atom is 0.263 e. The van der Waals surface area contributed by atoms with Crippen LogP contribution in [0, 0.1) is 5.82 Å². The van der Waals surface area contributed by atoms with Crippen LogP contribution in [0.4, 0.5) is 9.52 Å². The number of halogens is 1. The number of nitrogens with one attached hydrogen (secondary N) is 1. The van der Waals surface area contributed by atoms with Crippen LogP contribution in [0.2, 0.25) is 0 Å². The molecule has 3 aromatic rings. The molecule has 0 saturated carbocycles. The molecular weight excluding hydrogens is 375 g/mol. The van der Waals surface area contributed by atoms with Gasteiger partial charge in [0.1, 0.15) is 11.4 Å². The fraction of sp³-hybridized carbons (Fsp3) is 0.176. The van der Waals surface area contributed by atoms with Crippen molar-refractivity contribution in [2.24, 2.45) is 0 Å². The highest BCUT2D eigenvalue weighted by Gasteiger charge is 2.15. The minimum atomic E-state index is -0.535. The van der Waals surface area contributed by atoms with Crippen LogP contribution in [0.15, 0.2) is 51.7 Å². The number of rotatable bonds is 6. The highest BCUT2D eigenvalue weighted by atomic mass is 32.2. The van der Waals surface area contributed by atoms with E-state index in [1.807, 2.05) is 6.92 Å². The van der Waals surface area contributed by atoms with Crippen LogP contribution < -0.4 is 10.9 Å². The molecule has 0 bridgehead atoms. The van der Waals surface area contributed by atoms with Gasteiger partial charge in [-0.25, -0.2) is 4.39 Å². The van der Waals surface area contributed by atoms with Gasteiger partial charge in [0.2, 0.25) is 5.13 Å². The van der Waals surface area contributed by atoms with Crippen LogP contribution in [0.5, 0.6) is 0 Å². The molecule has 0 saturated heterocycles. The lowest BCUT2D eigenvalue weighted by atomic mass is 10.2. The number of hydrogen-bond donors (Lipinski definition) is 1. The first-order valence-corrected chi connectivity index (χ1v) is 9.58. The Morgan fingerprint density at radius 2 is 2.04 bits per heavy atom. The number of thioether (sulfide) groups is 1. The average molecular weight is 390 g/mol. The summed E-state index contributed by atoms with van der Waals surface area (Å²) in [5.41, 5.74) is 0.341. The number of anilines is 1. The molecule has 0 unspecified atom stereocenters. The first-order chi connectivity index (χ1) is 12.6. The van der Waals surface area contributed by atoms with E-state index in [2.05, 4.69) is 15.5 Å². The Morgan fingerprint density at radius 3 is 2.77 bits per heavy atom. The van der Waals surface area contributed by atoms with Crippen molar-refractivity contribution in [1.82, 2.24) is 14.8 Å². The summed E-state index contributed by atoms with van der Waals surface area (Å²) in [5, 5.41) is 10.8. The second-order valence-electron chi connectivity index (χ2n) is 5.24. The first kappa shape index (κ1) is 18.3. The molecule has 6 nitrogen and oxygen atoms in total. The average Bonchev–Trinajstić information content (AvgIpc) is 3.06. The van der Waals surface area contributed by atoms with Crippen molar-refractivity contribution >= 4 is 34.1 Å². The lowest BCUT2D eigenvalue weighted by molar-refractivity contribution is 0.102. The summed E-state index contributed by atoms with van der Waals surface area (Å²) < 4.78 is 15.2. The van der Waals surface area contributed by atoms with Crippen LogP contribution in [0.25, 0.3) is 0 Å². The number of carbonyl (C=O) groups is 1. The molecule has 3 rings (SSSR count). The van der Waals surface area contributed by atoms with Crippen LogP contribution >= 0.6 is 23.1 Å². The Bertz CT molecular complexity index is 969. The van der Waals surface area contributed by atoms with Crippen molar-refractivity contribution in [1.29, 1.82) is 0 Å². The molecule has 0 aliphatic rings. The van der Waals surface area contributed by atoms with E-state index in [1.165, 1.54) is 45.9 Å². The summed E-state index contributed by atoms with van der Waals surface area (Å²) in [4.78, 5) is 25.0. The van der Waals surface area contributed by atoms with Gasteiger partial charge in [-0.3, -0.25) is 14.9 Å². The Morgan fingerprint density at radius 1 is 1.27 bits per heavy atom. The Kier molecular flexibility index (Phi) is 5.79. The third-order valence-electron chi connectivity index (χ3n) is 3.43. The summed E-state index contributed by atoms with van der Waals surface area (Å²) in [6, 6.07) is 8.95. The number of pyridine rings is 1. The lowest BCUT2D eigenvalue weighted by Crippen LogP contribution is -2.29. The van der Waals surface area contributed by atoms with E-state index < -0.39 is 11.5 Å². The van der Waals surface area contributed by atoms with Gasteiger partial charge in [0.05, 0.1) is 6.54 Å². The zero-order chi connectivity index (χ0) is 18.5. The molecule has 1 aromatic carbocycles. The molecule has 2 aromatic heterocycles. The number of carbonyl (C=O) groups excluding carboxylic acids is 1. The predicted molar refractivity (Wildman–Crippen MR) is 100 cm³/mol. The molecule has 1 amide bonds. The van der Waals surface area contributed by atoms with Crippen molar-refractivity contribution in [2.75, 3.05) is 11.1 Å². The Hall–Kier alpha value is -2.52. The molecule has 0 spiro atoms. The maximum absolute atomic E-state index is 13.0. The van der Waals surface area contributed by atoms with Crippen LogP contribution in [-0.2, 0) is 6.54 Å². The fourth-order valence-corrected chi connectivity index (χ4v) is 3.87. The topological polar surface area (TPSA) is 76.9 Å². The standard InChI is InChI=1S/C17H15FN4O2S2/c1-2-25-17-21-20-16(26-17)19-14(23)13-4-3-9-22(15(13)24)10-11-5-7-12(18)8-6-11/h3-9H,2,10H2,1H3,(H,19,20,23). The smallest absolute Gasteiger partial charge is 0.263 e. The molecule has 0 fully saturated rings. The summed E-state index contributed by atoms with van der Waals surface area (Å²) >= 11 is 2.79. The predicted octanol–water partition coefficient (Wildman–Crippen LogP) is 3.25. The van der Waals surface area contributed by atoms with Crippen molar-refractivity contribution in [3.05, 3.63) is 69.9 Å². The molecule has 2 heterocycles. The highest BCUT2D eigenvalue weighted by Crippen LogP contribution is 2.25. The zero-order valence-corrected chi connectivity index (χ0v) is 15.4. The van der Waals surface area contributed by atoms with Crippen molar-refractivity contribution in [3.63, 3.8) is 0 Å². The number of benzene rings is 1. The van der Waals surface area contributed by atoms with Crippen molar-refractivity contribution in [3.8, 4) is 0 Å². The number of nitrogens with zero attached hydrogens (tertiary/aromatic N) is 3. The number of aromatic nitrogens is 3. The minimum Gasteiger partial charge on any atom is -0.310 e. The van der Waals surface area contributed by atoms with Crippen molar-refractivity contribution in [2.45, 2.75) is 17.8 Å². The van der Waals surface area contributed by atoms with E-state index in [1.54, 1.807) is 24.4 Å². The van der Waals surface area contributed by atoms with E-state index in [0.717, 1.165) is 15.7 Å². The maximum atomic E-state index is 13.0. The van der Waals surface area contributed by atoms with Crippen molar-refractivity contribution < 1.29 is 9.18 Å². The van der Waals surface area contributed by atoms with E-state index in [4.69, 9.17) is 0 Å². The Labute approximate surface area is 157 Å². The van der Waals surface area contributed by atoms with Gasteiger partial charge in [-0.15, -0.1) is 10.2 Å². The van der Waals surface area contributed by atoms with E-state index in [-0.39, 0.29) is 17.9 Å². The molecule has 0 atom stereocenters. The van der Waals surface area contributed by atoms with Gasteiger partial charge in [0, 0.05) is 6.20 Å². The van der Waals surface area contributed by atoms with Crippen LogP contribution in [-0.4, -0.2) is 26.4 Å². The van der Waals surface area contributed by atoms with E-state index in [0.29, 0.717) is 5.13 Å². The Balaban J connectivity index is 1.78. The number of hydrogen-bond acceptors (Lipinski definition) is 6. The van der Waals surface area contributed by atoms with Gasteiger partial charge in [0.25, 0.3) is 11.5 Å². The highest BCUT2D eigenvalue weighted by molar-refractivity contribution is 8.01. The fourth-order valence-electron chi connectivity index (χ4n) is 2.23. The van der Waals surface area contributed by atoms with Crippen LogP contribution in [0.3, 0.4) is 0 Å². The van der Waals surface area contributed by atoms with Gasteiger partial charge in [-0.05, 0) is 35.6 Å². The SMILES string of the molecule is CCSc1nnc(NC(=O)c2cccn(Cc3ccc(F)cc3)c2=O)s1. The largest absolute Gasteiger partial charge is 0.310 e. The zero-order valence-electron chi connectivity index (χ0n) is 13.8. The first-order valence-electron chi connectivity index (χ1n) is 7.78. The molecule has 26 heavy (non-hydrogen) atoms. The third kappa shape index (κ3) is 4.36. The summed E-state index contributed by atoms with van der Waals surface area (Å²) in [6.07, 6.45) is 1.59. The van der Waals surface area contributed by atoms with Gasteiger partial charge >= 0.3 is 0 Å². The third-order valence-corrected chi connectivity index (χ3v) is 5.28. The van der Waals surface area contributed by atoms with Gasteiger partial charge in [-0.1, -0.05) is 42.2 Å². The molecule has 0 radical (unpaired) electrons. The summed E-state index contributed by atoms with van der Waals surface area (Å²) in [7, 11) is 0. The molecule has 1 N–H and O–H groups in total. The van der Waals surface area contributed by atoms with Gasteiger partial charge in [0.15, 0.2) is 4.34 Å². The van der Waals surface area contributed by atoms with Gasteiger partial charge < -0.3 is 4.57 Å². The quantitative estimate of drug-likeness (QED) is 0.516. The molecular formula is C17H15FN4O2S2.